The number of para-hydroxylation sites is 2. The number of carbonyl (C=O) groups excluding carboxylic acids is 1. The van der Waals surface area contributed by atoms with Crippen LogP contribution < -0.4 is 10.1 Å². The van der Waals surface area contributed by atoms with Crippen molar-refractivity contribution in [2.45, 2.75) is 33.4 Å². The van der Waals surface area contributed by atoms with Gasteiger partial charge in [0.2, 0.25) is 5.91 Å². The minimum Gasteiger partial charge on any atom is -0.433 e. The number of alkyl halides is 2. The second-order valence-corrected chi connectivity index (χ2v) is 5.17. The highest BCUT2D eigenvalue weighted by atomic mass is 19.3. The summed E-state index contributed by atoms with van der Waals surface area (Å²) in [5.74, 6) is -0.604. The van der Waals surface area contributed by atoms with E-state index in [9.17, 15) is 23.7 Å². The number of aryl methyl sites for hydroxylation is 2. The number of nitrogens with zero attached hydrogens (tertiary/aromatic N) is 3. The Kier molecular flexibility index (Phi) is 5.63. The van der Waals surface area contributed by atoms with Crippen LogP contribution in [0.5, 0.6) is 5.75 Å². The van der Waals surface area contributed by atoms with Crippen LogP contribution in [0.1, 0.15) is 17.8 Å². The highest BCUT2D eigenvalue weighted by Crippen LogP contribution is 2.26. The van der Waals surface area contributed by atoms with Gasteiger partial charge < -0.3 is 10.1 Å². The third-order valence-electron chi connectivity index (χ3n) is 3.45. The molecule has 10 heteroatoms. The van der Waals surface area contributed by atoms with Gasteiger partial charge in [0.1, 0.15) is 17.1 Å². The molecule has 0 fully saturated rings. The van der Waals surface area contributed by atoms with Crippen molar-refractivity contribution in [3.8, 4) is 5.75 Å². The molecule has 1 N–H and O–H groups in total. The van der Waals surface area contributed by atoms with Crippen molar-refractivity contribution in [1.82, 2.24) is 9.78 Å². The summed E-state index contributed by atoms with van der Waals surface area (Å²) >= 11 is 0. The van der Waals surface area contributed by atoms with E-state index in [2.05, 4.69) is 15.2 Å². The summed E-state index contributed by atoms with van der Waals surface area (Å²) < 4.78 is 30.4. The smallest absolute Gasteiger partial charge is 0.387 e. The molecule has 1 heterocycles. The van der Waals surface area contributed by atoms with E-state index in [1.54, 1.807) is 13.0 Å². The molecule has 0 aliphatic heterocycles. The summed E-state index contributed by atoms with van der Waals surface area (Å²) in [6.45, 7) is 0.166. The van der Waals surface area contributed by atoms with Gasteiger partial charge in [0.25, 0.3) is 0 Å². The van der Waals surface area contributed by atoms with Gasteiger partial charge in [-0.2, -0.15) is 13.9 Å². The number of nitro groups is 1. The van der Waals surface area contributed by atoms with Crippen molar-refractivity contribution in [3.63, 3.8) is 0 Å². The minimum atomic E-state index is -3.01. The fraction of sp³-hybridized carbons (Fsp3) is 0.333. The zero-order valence-corrected chi connectivity index (χ0v) is 13.5. The number of halogens is 2. The molecule has 0 aliphatic carbocycles. The molecule has 0 radical (unpaired) electrons. The summed E-state index contributed by atoms with van der Waals surface area (Å²) in [4.78, 5) is 22.5. The van der Waals surface area contributed by atoms with Gasteiger partial charge in [0.15, 0.2) is 0 Å². The number of ether oxygens (including phenoxy) is 1. The first-order valence-corrected chi connectivity index (χ1v) is 7.31. The lowest BCUT2D eigenvalue weighted by Gasteiger charge is -2.11. The summed E-state index contributed by atoms with van der Waals surface area (Å²) in [6, 6.07) is 5.82. The first kappa shape index (κ1) is 18.3. The van der Waals surface area contributed by atoms with Crippen molar-refractivity contribution in [2.24, 2.45) is 0 Å². The molecular formula is C15H16F2N4O4. The molecule has 8 nitrogen and oxygen atoms in total. The Morgan fingerprint density at radius 2 is 2.08 bits per heavy atom. The topological polar surface area (TPSA) is 99.3 Å². The number of hydrogen-bond acceptors (Lipinski definition) is 5. The lowest BCUT2D eigenvalue weighted by molar-refractivity contribution is -0.386. The van der Waals surface area contributed by atoms with Crippen molar-refractivity contribution in [3.05, 3.63) is 45.8 Å². The highest BCUT2D eigenvalue weighted by molar-refractivity contribution is 5.92. The van der Waals surface area contributed by atoms with Gasteiger partial charge in [0, 0.05) is 6.42 Å². The molecule has 1 amide bonds. The number of anilines is 1. The molecule has 0 aliphatic rings. The zero-order valence-electron chi connectivity index (χ0n) is 13.5. The molecular weight excluding hydrogens is 338 g/mol. The fourth-order valence-electron chi connectivity index (χ4n) is 2.36. The van der Waals surface area contributed by atoms with Crippen LogP contribution >= 0.6 is 0 Å². The molecule has 25 heavy (non-hydrogen) atoms. The Labute approximate surface area is 141 Å². The van der Waals surface area contributed by atoms with E-state index < -0.39 is 17.4 Å². The van der Waals surface area contributed by atoms with Crippen molar-refractivity contribution < 1.29 is 23.2 Å². The zero-order chi connectivity index (χ0) is 18.6. The number of rotatable bonds is 7. The van der Waals surface area contributed by atoms with Crippen molar-refractivity contribution >= 4 is 17.3 Å². The van der Waals surface area contributed by atoms with Crippen LogP contribution in [0.25, 0.3) is 0 Å². The van der Waals surface area contributed by atoms with Gasteiger partial charge in [-0.3, -0.25) is 19.6 Å². The van der Waals surface area contributed by atoms with Crippen molar-refractivity contribution in [1.29, 1.82) is 0 Å². The van der Waals surface area contributed by atoms with E-state index in [4.69, 9.17) is 0 Å². The van der Waals surface area contributed by atoms with Crippen LogP contribution in [0, 0.1) is 24.0 Å². The third-order valence-corrected chi connectivity index (χ3v) is 3.45. The molecule has 0 bridgehead atoms. The van der Waals surface area contributed by atoms with Crippen LogP contribution in [-0.2, 0) is 11.3 Å². The number of benzene rings is 1. The van der Waals surface area contributed by atoms with Gasteiger partial charge in [-0.25, -0.2) is 0 Å². The second kappa shape index (κ2) is 7.69. The fourth-order valence-corrected chi connectivity index (χ4v) is 2.36. The summed E-state index contributed by atoms with van der Waals surface area (Å²) in [5.41, 5.74) is 0.638. The minimum absolute atomic E-state index is 0.0396. The number of amides is 1. The molecule has 1 aromatic carbocycles. The Balaban J connectivity index is 2.03. The lowest BCUT2D eigenvalue weighted by Crippen LogP contribution is -2.16. The van der Waals surface area contributed by atoms with E-state index in [0.717, 1.165) is 0 Å². The van der Waals surface area contributed by atoms with Gasteiger partial charge in [0.05, 0.1) is 17.2 Å². The molecule has 2 rings (SSSR count). The van der Waals surface area contributed by atoms with Gasteiger partial charge in [-0.1, -0.05) is 12.1 Å². The monoisotopic (exact) mass is 354 g/mol. The van der Waals surface area contributed by atoms with Crippen LogP contribution in [0.2, 0.25) is 0 Å². The largest absolute Gasteiger partial charge is 0.433 e. The number of aromatic nitrogens is 2. The van der Waals surface area contributed by atoms with Crippen molar-refractivity contribution in [2.75, 3.05) is 5.32 Å². The predicted molar refractivity (Wildman–Crippen MR) is 84.7 cm³/mol. The molecule has 0 atom stereocenters. The van der Waals surface area contributed by atoms with Gasteiger partial charge >= 0.3 is 12.3 Å². The van der Waals surface area contributed by atoms with E-state index in [1.807, 2.05) is 0 Å². The molecule has 134 valence electrons. The van der Waals surface area contributed by atoms with E-state index in [0.29, 0.717) is 5.69 Å². The maximum absolute atomic E-state index is 12.4. The Bertz CT molecular complexity index is 792. The quantitative estimate of drug-likeness (QED) is 0.608. The maximum atomic E-state index is 12.4. The molecule has 0 spiro atoms. The van der Waals surface area contributed by atoms with Crippen LogP contribution in [0.15, 0.2) is 24.3 Å². The summed E-state index contributed by atoms with van der Waals surface area (Å²) in [5, 5.41) is 17.5. The number of nitrogens with one attached hydrogen (secondary N) is 1. The van der Waals surface area contributed by atoms with Crippen LogP contribution in [0.4, 0.5) is 20.2 Å². The molecule has 1 aromatic heterocycles. The molecule has 0 unspecified atom stereocenters. The normalized spacial score (nSPS) is 10.8. The maximum Gasteiger partial charge on any atom is 0.387 e. The van der Waals surface area contributed by atoms with Crippen LogP contribution in [0.3, 0.4) is 0 Å². The standard InChI is InChI=1S/C15H16F2N4O4/c1-9-14(21(23)24)10(2)20(19-9)8-7-13(22)18-11-5-3-4-6-12(11)25-15(16)17/h3-6,15H,7-8H2,1-2H3,(H,18,22). The number of hydrogen-bond donors (Lipinski definition) is 1. The van der Waals surface area contributed by atoms with Gasteiger partial charge in [-0.15, -0.1) is 0 Å². The second-order valence-electron chi connectivity index (χ2n) is 5.17. The summed E-state index contributed by atoms with van der Waals surface area (Å²) in [6.07, 6.45) is -0.0396. The lowest BCUT2D eigenvalue weighted by atomic mass is 10.2. The number of carbonyl (C=O) groups is 1. The van der Waals surface area contributed by atoms with E-state index in [1.165, 1.54) is 29.8 Å². The van der Waals surface area contributed by atoms with Gasteiger partial charge in [-0.05, 0) is 26.0 Å². The Morgan fingerprint density at radius 1 is 1.40 bits per heavy atom. The third kappa shape index (κ3) is 4.49. The molecule has 0 saturated carbocycles. The SMILES string of the molecule is Cc1nn(CCC(=O)Nc2ccccc2OC(F)F)c(C)c1[N+](=O)[O-]. The highest BCUT2D eigenvalue weighted by Gasteiger charge is 2.22. The average molecular weight is 354 g/mol. The molecule has 0 saturated heterocycles. The van der Waals surface area contributed by atoms with E-state index >= 15 is 0 Å². The first-order valence-electron chi connectivity index (χ1n) is 7.31. The van der Waals surface area contributed by atoms with E-state index in [-0.39, 0.29) is 35.8 Å². The first-order chi connectivity index (χ1) is 11.8. The average Bonchev–Trinajstić information content (AvgIpc) is 2.81. The Hall–Kier alpha value is -3.04. The summed E-state index contributed by atoms with van der Waals surface area (Å²) in [7, 11) is 0. The molecule has 2 aromatic rings. The van der Waals surface area contributed by atoms with Crippen LogP contribution in [-0.4, -0.2) is 27.2 Å². The Morgan fingerprint density at radius 3 is 2.68 bits per heavy atom. The predicted octanol–water partition coefficient (Wildman–Crippen LogP) is 3.04.